The molecule has 0 saturated carbocycles. The van der Waals surface area contributed by atoms with Crippen molar-refractivity contribution < 1.29 is 9.68 Å². The van der Waals surface area contributed by atoms with Gasteiger partial charge in [0.1, 0.15) is 5.60 Å². The van der Waals surface area contributed by atoms with Gasteiger partial charge in [-0.05, 0) is 20.8 Å². The second-order valence-electron chi connectivity index (χ2n) is 3.05. The van der Waals surface area contributed by atoms with E-state index in [-0.39, 0.29) is 0 Å². The van der Waals surface area contributed by atoms with E-state index >= 15 is 0 Å². The van der Waals surface area contributed by atoms with Crippen LogP contribution in [0.15, 0.2) is 16.9 Å². The summed E-state index contributed by atoms with van der Waals surface area (Å²) >= 11 is 0. The van der Waals surface area contributed by atoms with Gasteiger partial charge in [-0.1, -0.05) is 0 Å². The zero-order chi connectivity index (χ0) is 8.48. The number of hydrogen-bond donors (Lipinski definition) is 1. The molecule has 0 aromatic rings. The Balaban J connectivity index is 2.88. The second kappa shape index (κ2) is 2.61. The summed E-state index contributed by atoms with van der Waals surface area (Å²) in [7, 11) is 0. The summed E-state index contributed by atoms with van der Waals surface area (Å²) < 4.78 is 1.81. The topological polar surface area (TPSA) is 35.6 Å². The van der Waals surface area contributed by atoms with E-state index in [0.29, 0.717) is 0 Å². The average molecular weight is 153 g/mol. The van der Waals surface area contributed by atoms with Gasteiger partial charge < -0.3 is 5.11 Å². The van der Waals surface area contributed by atoms with Gasteiger partial charge in [-0.25, -0.2) is 0 Å². The Hall–Kier alpha value is -0.920. The fraction of sp³-hybridized carbons (Fsp3) is 0.625. The van der Waals surface area contributed by atoms with Gasteiger partial charge in [0.05, 0.1) is 6.54 Å². The Bertz CT molecular complexity index is 252. The van der Waals surface area contributed by atoms with Gasteiger partial charge in [-0.15, -0.1) is 0 Å². The largest absolute Gasteiger partial charge is 0.382 e. The van der Waals surface area contributed by atoms with E-state index in [4.69, 9.17) is 0 Å². The Morgan fingerprint density at radius 1 is 1.73 bits per heavy atom. The minimum atomic E-state index is -0.816. The SMILES string of the molecule is CC[N+]1=C=NC=C1C(C)(C)O. The van der Waals surface area contributed by atoms with E-state index in [0.717, 1.165) is 12.2 Å². The molecule has 1 aliphatic heterocycles. The lowest BCUT2D eigenvalue weighted by atomic mass is 10.1. The van der Waals surface area contributed by atoms with Crippen LogP contribution in [-0.2, 0) is 0 Å². The first kappa shape index (κ1) is 8.18. The van der Waals surface area contributed by atoms with Gasteiger partial charge >= 0.3 is 6.01 Å². The maximum Gasteiger partial charge on any atom is 0.318 e. The molecule has 0 aromatic carbocycles. The van der Waals surface area contributed by atoms with Crippen LogP contribution in [0.25, 0.3) is 0 Å². The van der Waals surface area contributed by atoms with Crippen molar-refractivity contribution in [1.29, 1.82) is 0 Å². The smallest absolute Gasteiger partial charge is 0.318 e. The van der Waals surface area contributed by atoms with Crippen molar-refractivity contribution in [3.05, 3.63) is 11.9 Å². The Kier molecular flexibility index (Phi) is 1.94. The van der Waals surface area contributed by atoms with Crippen LogP contribution in [0.5, 0.6) is 0 Å². The first-order chi connectivity index (χ1) is 5.05. The van der Waals surface area contributed by atoms with Crippen molar-refractivity contribution in [1.82, 2.24) is 0 Å². The lowest BCUT2D eigenvalue weighted by Crippen LogP contribution is -2.28. The molecule has 1 rings (SSSR count). The molecular weight excluding hydrogens is 140 g/mol. The molecule has 1 N–H and O–H groups in total. The van der Waals surface area contributed by atoms with Crippen molar-refractivity contribution in [2.45, 2.75) is 26.4 Å². The number of rotatable bonds is 2. The van der Waals surface area contributed by atoms with Gasteiger partial charge in [0.25, 0.3) is 0 Å². The molecule has 0 bridgehead atoms. The van der Waals surface area contributed by atoms with Crippen LogP contribution >= 0.6 is 0 Å². The van der Waals surface area contributed by atoms with Crippen molar-refractivity contribution in [2.75, 3.05) is 6.54 Å². The van der Waals surface area contributed by atoms with Crippen molar-refractivity contribution in [3.8, 4) is 0 Å². The van der Waals surface area contributed by atoms with E-state index in [1.54, 1.807) is 24.6 Å². The van der Waals surface area contributed by atoms with Gasteiger partial charge in [0.15, 0.2) is 11.9 Å². The number of aliphatic hydroxyl groups is 1. The minimum absolute atomic E-state index is 0.791. The van der Waals surface area contributed by atoms with Crippen LogP contribution in [-0.4, -0.2) is 27.8 Å². The average Bonchev–Trinajstić information content (AvgIpc) is 2.31. The number of aliphatic imine (C=N–C) groups is 1. The first-order valence-electron chi connectivity index (χ1n) is 3.71. The molecule has 60 valence electrons. The summed E-state index contributed by atoms with van der Waals surface area (Å²) in [5, 5.41) is 9.61. The highest BCUT2D eigenvalue weighted by Crippen LogP contribution is 2.17. The fourth-order valence-corrected chi connectivity index (χ4v) is 1.01. The molecule has 0 atom stereocenters. The minimum Gasteiger partial charge on any atom is -0.382 e. The van der Waals surface area contributed by atoms with Crippen LogP contribution in [0.4, 0.5) is 0 Å². The van der Waals surface area contributed by atoms with E-state index in [1.165, 1.54) is 0 Å². The first-order valence-corrected chi connectivity index (χ1v) is 3.71. The zero-order valence-corrected chi connectivity index (χ0v) is 7.13. The fourth-order valence-electron chi connectivity index (χ4n) is 1.01. The van der Waals surface area contributed by atoms with E-state index in [1.807, 2.05) is 6.92 Å². The molecule has 0 radical (unpaired) electrons. The lowest BCUT2D eigenvalue weighted by molar-refractivity contribution is -0.479. The van der Waals surface area contributed by atoms with Gasteiger partial charge in [0.2, 0.25) is 0 Å². The summed E-state index contributed by atoms with van der Waals surface area (Å²) in [4.78, 5) is 3.84. The van der Waals surface area contributed by atoms with Crippen molar-refractivity contribution in [2.24, 2.45) is 4.99 Å². The molecule has 3 heteroatoms. The van der Waals surface area contributed by atoms with Crippen LogP contribution in [0.2, 0.25) is 0 Å². The summed E-state index contributed by atoms with van der Waals surface area (Å²) in [5.74, 6) is 0. The Labute approximate surface area is 66.4 Å². The lowest BCUT2D eigenvalue weighted by Gasteiger charge is -2.15. The van der Waals surface area contributed by atoms with Crippen molar-refractivity contribution in [3.63, 3.8) is 0 Å². The number of likely N-dealkylation sites (N-methyl/N-ethyl adjacent to an activating group) is 1. The third-order valence-electron chi connectivity index (χ3n) is 1.60. The predicted octanol–water partition coefficient (Wildman–Crippen LogP) is 0.819. The molecule has 0 fully saturated rings. The second-order valence-corrected chi connectivity index (χ2v) is 3.05. The van der Waals surface area contributed by atoms with Crippen LogP contribution in [0.1, 0.15) is 20.8 Å². The normalized spacial score (nSPS) is 16.7. The molecular formula is C8H13N2O+. The number of hydrogen-bond acceptors (Lipinski definition) is 2. The highest BCUT2D eigenvalue weighted by Gasteiger charge is 2.29. The summed E-state index contributed by atoms with van der Waals surface area (Å²) in [6.07, 6.45) is 1.64. The van der Waals surface area contributed by atoms with Gasteiger partial charge in [-0.2, -0.15) is 4.58 Å². The monoisotopic (exact) mass is 153 g/mol. The summed E-state index contributed by atoms with van der Waals surface area (Å²) in [6, 6.07) is 2.77. The highest BCUT2D eigenvalue weighted by atomic mass is 16.3. The predicted molar refractivity (Wildman–Crippen MR) is 42.6 cm³/mol. The maximum atomic E-state index is 9.61. The van der Waals surface area contributed by atoms with Crippen molar-refractivity contribution >= 4 is 6.01 Å². The molecule has 0 aliphatic carbocycles. The Morgan fingerprint density at radius 3 is 2.73 bits per heavy atom. The third kappa shape index (κ3) is 1.56. The standard InChI is InChI=1S/C8H13N2O/c1-4-10-6-9-5-7(10)8(2,3)11/h5,11H,4H2,1-3H3/q+1. The highest BCUT2D eigenvalue weighted by molar-refractivity contribution is 5.41. The van der Waals surface area contributed by atoms with E-state index < -0.39 is 5.60 Å². The molecule has 0 unspecified atom stereocenters. The third-order valence-corrected chi connectivity index (χ3v) is 1.60. The molecule has 0 aromatic heterocycles. The molecule has 0 amide bonds. The molecule has 0 spiro atoms. The van der Waals surface area contributed by atoms with Gasteiger partial charge in [-0.3, -0.25) is 0 Å². The summed E-state index contributed by atoms with van der Waals surface area (Å²) in [6.45, 7) is 6.26. The zero-order valence-electron chi connectivity index (χ0n) is 7.13. The molecule has 1 heterocycles. The van der Waals surface area contributed by atoms with Gasteiger partial charge in [0, 0.05) is 4.99 Å². The van der Waals surface area contributed by atoms with E-state index in [9.17, 15) is 5.11 Å². The summed E-state index contributed by atoms with van der Waals surface area (Å²) in [5.41, 5.74) is -0.0109. The number of nitrogens with zero attached hydrogens (tertiary/aromatic N) is 2. The molecule has 11 heavy (non-hydrogen) atoms. The van der Waals surface area contributed by atoms with E-state index in [2.05, 4.69) is 11.0 Å². The molecule has 1 aliphatic rings. The van der Waals surface area contributed by atoms with Crippen LogP contribution in [0.3, 0.4) is 0 Å². The van der Waals surface area contributed by atoms with Crippen LogP contribution in [0, 0.1) is 0 Å². The molecule has 3 nitrogen and oxygen atoms in total. The molecule has 0 saturated heterocycles. The Morgan fingerprint density at radius 2 is 2.36 bits per heavy atom. The van der Waals surface area contributed by atoms with Crippen LogP contribution < -0.4 is 0 Å². The maximum absolute atomic E-state index is 9.61. The quantitative estimate of drug-likeness (QED) is 0.586.